The number of benzene rings is 1. The zero-order chi connectivity index (χ0) is 18.9. The predicted octanol–water partition coefficient (Wildman–Crippen LogP) is 1.61. The van der Waals surface area contributed by atoms with Crippen molar-refractivity contribution in [1.29, 1.82) is 0 Å². The van der Waals surface area contributed by atoms with E-state index < -0.39 is 21.9 Å². The molecule has 2 atom stereocenters. The molecule has 1 aliphatic heterocycles. The number of hydrogen-bond donors (Lipinski definition) is 1. The molecule has 1 fully saturated rings. The average molecular weight is 379 g/mol. The van der Waals surface area contributed by atoms with Crippen molar-refractivity contribution < 1.29 is 23.1 Å². The highest BCUT2D eigenvalue weighted by atomic mass is 32.2. The van der Waals surface area contributed by atoms with E-state index in [-0.39, 0.29) is 17.4 Å². The largest absolute Gasteiger partial charge is 0.494 e. The molecule has 140 valence electrons. The molecule has 1 aromatic heterocycles. The van der Waals surface area contributed by atoms with Crippen molar-refractivity contribution in [2.45, 2.75) is 18.2 Å². The fourth-order valence-corrected chi connectivity index (χ4v) is 4.76. The lowest BCUT2D eigenvalue weighted by atomic mass is 9.92. The van der Waals surface area contributed by atoms with E-state index in [1.165, 1.54) is 28.5 Å². The van der Waals surface area contributed by atoms with Gasteiger partial charge in [-0.15, -0.1) is 0 Å². The lowest BCUT2D eigenvalue weighted by Gasteiger charge is -2.33. The number of sulfonamides is 1. The van der Waals surface area contributed by atoms with Crippen LogP contribution in [0.2, 0.25) is 0 Å². The fraction of sp³-hybridized carbons (Fsp3) is 0.412. The molecule has 9 heteroatoms. The lowest BCUT2D eigenvalue weighted by Crippen LogP contribution is -2.45. The molecule has 26 heavy (non-hydrogen) atoms. The number of carboxylic acids is 1. The molecule has 0 aliphatic carbocycles. The summed E-state index contributed by atoms with van der Waals surface area (Å²) < 4.78 is 33.9. The highest BCUT2D eigenvalue weighted by Gasteiger charge is 2.36. The monoisotopic (exact) mass is 379 g/mol. The minimum Gasteiger partial charge on any atom is -0.494 e. The van der Waals surface area contributed by atoms with Crippen molar-refractivity contribution in [2.24, 2.45) is 11.8 Å². The molecule has 8 nitrogen and oxygen atoms in total. The Morgan fingerprint density at radius 2 is 2.04 bits per heavy atom. The molecule has 0 saturated carbocycles. The van der Waals surface area contributed by atoms with Gasteiger partial charge in [-0.05, 0) is 24.5 Å². The summed E-state index contributed by atoms with van der Waals surface area (Å²) in [6, 6.07) is 7.14. The first kappa shape index (κ1) is 18.4. The molecule has 2 aromatic rings. The van der Waals surface area contributed by atoms with Gasteiger partial charge in [0.1, 0.15) is 16.3 Å². The van der Waals surface area contributed by atoms with Gasteiger partial charge in [-0.2, -0.15) is 9.40 Å². The minimum atomic E-state index is -3.82. The molecule has 0 amide bonds. The van der Waals surface area contributed by atoms with Crippen molar-refractivity contribution in [3.63, 3.8) is 0 Å². The van der Waals surface area contributed by atoms with Crippen LogP contribution in [0.15, 0.2) is 41.6 Å². The maximum absolute atomic E-state index is 12.9. The second kappa shape index (κ2) is 7.08. The quantitative estimate of drug-likeness (QED) is 0.847. The van der Waals surface area contributed by atoms with Crippen LogP contribution >= 0.6 is 0 Å². The molecule has 1 aromatic carbocycles. The number of piperidine rings is 1. The third kappa shape index (κ3) is 3.45. The molecule has 1 saturated heterocycles. The van der Waals surface area contributed by atoms with Crippen LogP contribution in [0, 0.1) is 11.8 Å². The van der Waals surface area contributed by atoms with Crippen LogP contribution < -0.4 is 4.74 Å². The Labute approximate surface area is 152 Å². The number of hydrogen-bond acceptors (Lipinski definition) is 5. The van der Waals surface area contributed by atoms with E-state index in [1.54, 1.807) is 18.2 Å². The van der Waals surface area contributed by atoms with Crippen molar-refractivity contribution >= 4 is 16.0 Å². The standard InChI is InChI=1S/C17H21N3O5S/c1-12-7-13(17(21)22)10-19(9-12)26(23,24)14-8-18-20(11-14)15-5-3-4-6-16(15)25-2/h3-6,8,11-13H,7,9-10H2,1-2H3,(H,21,22). The first-order chi connectivity index (χ1) is 12.3. The van der Waals surface area contributed by atoms with Gasteiger partial charge in [0.05, 0.1) is 25.4 Å². The van der Waals surface area contributed by atoms with Crippen molar-refractivity contribution in [3.05, 3.63) is 36.7 Å². The summed E-state index contributed by atoms with van der Waals surface area (Å²) in [4.78, 5) is 11.3. The van der Waals surface area contributed by atoms with Crippen LogP contribution in [0.4, 0.5) is 0 Å². The van der Waals surface area contributed by atoms with E-state index in [0.29, 0.717) is 24.4 Å². The number of carboxylic acid groups (broad SMARTS) is 1. The first-order valence-electron chi connectivity index (χ1n) is 8.24. The van der Waals surface area contributed by atoms with E-state index in [1.807, 2.05) is 13.0 Å². The Morgan fingerprint density at radius 1 is 1.31 bits per heavy atom. The SMILES string of the molecule is COc1ccccc1-n1cc(S(=O)(=O)N2CC(C)CC(C(=O)O)C2)cn1. The van der Waals surface area contributed by atoms with E-state index >= 15 is 0 Å². The summed E-state index contributed by atoms with van der Waals surface area (Å²) >= 11 is 0. The van der Waals surface area contributed by atoms with Crippen LogP contribution in [-0.2, 0) is 14.8 Å². The molecule has 2 unspecified atom stereocenters. The summed E-state index contributed by atoms with van der Waals surface area (Å²) in [5.41, 5.74) is 0.617. The second-order valence-electron chi connectivity index (χ2n) is 6.49. The molecular weight excluding hydrogens is 358 g/mol. The van der Waals surface area contributed by atoms with Gasteiger partial charge in [-0.3, -0.25) is 4.79 Å². The number of nitrogens with zero attached hydrogens (tertiary/aromatic N) is 3. The van der Waals surface area contributed by atoms with Gasteiger partial charge in [0.15, 0.2) is 0 Å². The molecule has 3 rings (SSSR count). The Balaban J connectivity index is 1.91. The Kier molecular flexibility index (Phi) is 5.01. The smallest absolute Gasteiger partial charge is 0.307 e. The van der Waals surface area contributed by atoms with Gasteiger partial charge < -0.3 is 9.84 Å². The molecule has 0 bridgehead atoms. The maximum atomic E-state index is 12.9. The molecule has 1 aliphatic rings. The van der Waals surface area contributed by atoms with Gasteiger partial charge in [0.2, 0.25) is 10.0 Å². The summed E-state index contributed by atoms with van der Waals surface area (Å²) in [7, 11) is -2.29. The normalized spacial score (nSPS) is 21.5. The number of para-hydroxylation sites is 2. The van der Waals surface area contributed by atoms with E-state index in [2.05, 4.69) is 5.10 Å². The number of methoxy groups -OCH3 is 1. The molecule has 0 radical (unpaired) electrons. The topological polar surface area (TPSA) is 102 Å². The van der Waals surface area contributed by atoms with Gasteiger partial charge in [0, 0.05) is 13.1 Å². The van der Waals surface area contributed by atoms with Gasteiger partial charge in [-0.25, -0.2) is 13.1 Å². The lowest BCUT2D eigenvalue weighted by molar-refractivity contribution is -0.143. The van der Waals surface area contributed by atoms with Crippen molar-refractivity contribution in [1.82, 2.24) is 14.1 Å². The maximum Gasteiger partial charge on any atom is 0.307 e. The van der Waals surface area contributed by atoms with Crippen LogP contribution in [0.3, 0.4) is 0 Å². The zero-order valence-corrected chi connectivity index (χ0v) is 15.4. The van der Waals surface area contributed by atoms with Crippen LogP contribution in [0.5, 0.6) is 5.75 Å². The zero-order valence-electron chi connectivity index (χ0n) is 14.6. The van der Waals surface area contributed by atoms with Gasteiger partial charge in [-0.1, -0.05) is 19.1 Å². The van der Waals surface area contributed by atoms with Crippen LogP contribution in [-0.4, -0.2) is 53.8 Å². The summed E-state index contributed by atoms with van der Waals surface area (Å²) in [5, 5.41) is 13.4. The van der Waals surface area contributed by atoms with Crippen LogP contribution in [0.1, 0.15) is 13.3 Å². The third-order valence-electron chi connectivity index (χ3n) is 4.50. The molecular formula is C17H21N3O5S. The predicted molar refractivity (Wildman–Crippen MR) is 93.8 cm³/mol. The van der Waals surface area contributed by atoms with Crippen LogP contribution in [0.25, 0.3) is 5.69 Å². The Hall–Kier alpha value is -2.39. The number of ether oxygens (including phenoxy) is 1. The van der Waals surface area contributed by atoms with Crippen molar-refractivity contribution in [2.75, 3.05) is 20.2 Å². The van der Waals surface area contributed by atoms with E-state index in [9.17, 15) is 18.3 Å². The molecule has 1 N–H and O–H groups in total. The Bertz CT molecular complexity index is 909. The highest BCUT2D eigenvalue weighted by Crippen LogP contribution is 2.28. The number of aliphatic carboxylic acids is 1. The first-order valence-corrected chi connectivity index (χ1v) is 9.68. The van der Waals surface area contributed by atoms with E-state index in [4.69, 9.17) is 4.74 Å². The summed E-state index contributed by atoms with van der Waals surface area (Å²) in [6.45, 7) is 2.13. The summed E-state index contributed by atoms with van der Waals surface area (Å²) in [5.74, 6) is -1.12. The third-order valence-corrected chi connectivity index (χ3v) is 6.29. The average Bonchev–Trinajstić information content (AvgIpc) is 3.11. The van der Waals surface area contributed by atoms with Gasteiger partial charge in [0.25, 0.3) is 0 Å². The van der Waals surface area contributed by atoms with Crippen molar-refractivity contribution in [3.8, 4) is 11.4 Å². The van der Waals surface area contributed by atoms with E-state index in [0.717, 1.165) is 0 Å². The van der Waals surface area contributed by atoms with Gasteiger partial charge >= 0.3 is 5.97 Å². The number of rotatable bonds is 5. The minimum absolute atomic E-state index is 0.0242. The molecule has 0 spiro atoms. The summed E-state index contributed by atoms with van der Waals surface area (Å²) in [6.07, 6.45) is 3.17. The number of aromatic nitrogens is 2. The second-order valence-corrected chi connectivity index (χ2v) is 8.43. The number of carbonyl (C=O) groups is 1. The Morgan fingerprint density at radius 3 is 2.73 bits per heavy atom. The molecule has 2 heterocycles. The highest BCUT2D eigenvalue weighted by molar-refractivity contribution is 7.89. The fourth-order valence-electron chi connectivity index (χ4n) is 3.22.